The van der Waals surface area contributed by atoms with Crippen LogP contribution in [-0.4, -0.2) is 45.7 Å². The third-order valence-electron chi connectivity index (χ3n) is 5.03. The molecule has 0 aliphatic carbocycles. The fourth-order valence-corrected chi connectivity index (χ4v) is 3.16. The van der Waals surface area contributed by atoms with Crippen molar-refractivity contribution in [1.29, 1.82) is 0 Å². The van der Waals surface area contributed by atoms with Crippen molar-refractivity contribution in [2.24, 2.45) is 0 Å². The van der Waals surface area contributed by atoms with Crippen LogP contribution < -0.4 is 25.8 Å². The number of rotatable bonds is 8. The summed E-state index contributed by atoms with van der Waals surface area (Å²) in [5.41, 5.74) is 10.4. The first-order valence-electron chi connectivity index (χ1n) is 11.8. The minimum atomic E-state index is -0.232. The Morgan fingerprint density at radius 3 is 2.28 bits per heavy atom. The van der Waals surface area contributed by atoms with Gasteiger partial charge in [-0.25, -0.2) is 0 Å². The van der Waals surface area contributed by atoms with E-state index in [2.05, 4.69) is 22.5 Å². The highest BCUT2D eigenvalue weighted by atomic mass is 16.5. The molecular weight excluding hydrogens is 452 g/mol. The zero-order valence-corrected chi connectivity index (χ0v) is 21.9. The molecule has 0 aliphatic rings. The minimum Gasteiger partial charge on any atom is -0.493 e. The molecule has 0 heterocycles. The van der Waals surface area contributed by atoms with E-state index in [-0.39, 0.29) is 5.91 Å². The van der Waals surface area contributed by atoms with Crippen LogP contribution in [-0.2, 0) is 6.54 Å². The summed E-state index contributed by atoms with van der Waals surface area (Å²) < 4.78 is 10.6. The predicted octanol–water partition coefficient (Wildman–Crippen LogP) is 5.09. The molecule has 7 heteroatoms. The van der Waals surface area contributed by atoms with Crippen LogP contribution in [0.2, 0.25) is 0 Å². The first-order valence-corrected chi connectivity index (χ1v) is 11.8. The highest BCUT2D eigenvalue weighted by Crippen LogP contribution is 2.30. The normalized spacial score (nSPS) is 9.86. The minimum absolute atomic E-state index is 0.232. The number of ether oxygens (including phenoxy) is 2. The number of nitrogen functional groups attached to an aromatic ring is 1. The van der Waals surface area contributed by atoms with Crippen LogP contribution >= 0.6 is 0 Å². The van der Waals surface area contributed by atoms with Crippen molar-refractivity contribution in [1.82, 2.24) is 4.90 Å². The zero-order chi connectivity index (χ0) is 26.5. The first-order chi connectivity index (χ1) is 17.4. The van der Waals surface area contributed by atoms with E-state index in [1.54, 1.807) is 38.5 Å². The molecule has 0 spiro atoms. The summed E-state index contributed by atoms with van der Waals surface area (Å²) in [5, 5.41) is 6.23. The molecule has 7 nitrogen and oxygen atoms in total. The van der Waals surface area contributed by atoms with Gasteiger partial charge in [-0.05, 0) is 62.1 Å². The van der Waals surface area contributed by atoms with E-state index in [9.17, 15) is 4.79 Å². The van der Waals surface area contributed by atoms with Gasteiger partial charge in [-0.3, -0.25) is 9.69 Å². The second kappa shape index (κ2) is 14.3. The van der Waals surface area contributed by atoms with Crippen LogP contribution in [0.1, 0.15) is 35.3 Å². The molecule has 3 rings (SSSR count). The second-order valence-electron chi connectivity index (χ2n) is 7.92. The molecule has 1 amide bonds. The molecule has 3 aromatic carbocycles. The molecule has 190 valence electrons. The van der Waals surface area contributed by atoms with E-state index >= 15 is 0 Å². The SMILES string of the molecule is CC.COc1ccc(NCc2ccc(C(=O)Nc3cc(C#CCN(C)C)ccc3N)cc2)cc1OC. The summed E-state index contributed by atoms with van der Waals surface area (Å²) in [6, 6.07) is 18.4. The number of amides is 1. The number of anilines is 3. The summed E-state index contributed by atoms with van der Waals surface area (Å²) in [5.74, 6) is 7.27. The summed E-state index contributed by atoms with van der Waals surface area (Å²) in [6.45, 7) is 5.25. The van der Waals surface area contributed by atoms with Gasteiger partial charge in [0.15, 0.2) is 11.5 Å². The van der Waals surface area contributed by atoms with Gasteiger partial charge in [0.1, 0.15) is 0 Å². The fraction of sp³-hybridized carbons (Fsp3) is 0.276. The quantitative estimate of drug-likeness (QED) is 0.302. The maximum absolute atomic E-state index is 12.8. The van der Waals surface area contributed by atoms with Gasteiger partial charge in [0, 0.05) is 29.4 Å². The van der Waals surface area contributed by atoms with Gasteiger partial charge in [-0.15, -0.1) is 0 Å². The van der Waals surface area contributed by atoms with Gasteiger partial charge >= 0.3 is 0 Å². The zero-order valence-electron chi connectivity index (χ0n) is 21.9. The van der Waals surface area contributed by atoms with Crippen molar-refractivity contribution < 1.29 is 14.3 Å². The monoisotopic (exact) mass is 488 g/mol. The largest absolute Gasteiger partial charge is 0.493 e. The van der Waals surface area contributed by atoms with Crippen LogP contribution in [0.4, 0.5) is 17.1 Å². The van der Waals surface area contributed by atoms with Crippen molar-refractivity contribution in [3.8, 4) is 23.3 Å². The maximum Gasteiger partial charge on any atom is 0.255 e. The number of nitrogens with two attached hydrogens (primary N) is 1. The average molecular weight is 489 g/mol. The molecule has 0 radical (unpaired) electrons. The van der Waals surface area contributed by atoms with E-state index < -0.39 is 0 Å². The van der Waals surface area contributed by atoms with Crippen molar-refractivity contribution in [3.05, 3.63) is 77.4 Å². The van der Waals surface area contributed by atoms with Crippen LogP contribution in [0.3, 0.4) is 0 Å². The Balaban J connectivity index is 0.00000222. The number of hydrogen-bond acceptors (Lipinski definition) is 6. The highest BCUT2D eigenvalue weighted by molar-refractivity contribution is 6.05. The van der Waals surface area contributed by atoms with E-state index in [1.165, 1.54) is 0 Å². The van der Waals surface area contributed by atoms with Gasteiger partial charge in [0.25, 0.3) is 5.91 Å². The van der Waals surface area contributed by atoms with E-state index in [1.807, 2.05) is 69.2 Å². The molecule has 0 aromatic heterocycles. The Morgan fingerprint density at radius 2 is 1.64 bits per heavy atom. The molecular formula is C29H36N4O3. The summed E-state index contributed by atoms with van der Waals surface area (Å²) in [7, 11) is 7.13. The lowest BCUT2D eigenvalue weighted by Crippen LogP contribution is -2.13. The number of carbonyl (C=O) groups excluding carboxylic acids is 1. The lowest BCUT2D eigenvalue weighted by molar-refractivity contribution is 0.102. The highest BCUT2D eigenvalue weighted by Gasteiger charge is 2.09. The summed E-state index contributed by atoms with van der Waals surface area (Å²) >= 11 is 0. The molecule has 0 unspecified atom stereocenters. The second-order valence-corrected chi connectivity index (χ2v) is 7.92. The van der Waals surface area contributed by atoms with Crippen molar-refractivity contribution >= 4 is 23.0 Å². The predicted molar refractivity (Wildman–Crippen MR) is 149 cm³/mol. The Hall–Kier alpha value is -4.15. The molecule has 0 fully saturated rings. The Bertz CT molecular complexity index is 1200. The van der Waals surface area contributed by atoms with E-state index in [4.69, 9.17) is 15.2 Å². The van der Waals surface area contributed by atoms with Gasteiger partial charge in [-0.2, -0.15) is 0 Å². The summed E-state index contributed by atoms with van der Waals surface area (Å²) in [4.78, 5) is 14.7. The van der Waals surface area contributed by atoms with Crippen molar-refractivity contribution in [2.45, 2.75) is 20.4 Å². The van der Waals surface area contributed by atoms with Crippen LogP contribution in [0, 0.1) is 11.8 Å². The van der Waals surface area contributed by atoms with Crippen molar-refractivity contribution in [3.63, 3.8) is 0 Å². The number of hydrogen-bond donors (Lipinski definition) is 3. The molecule has 0 aliphatic heterocycles. The third kappa shape index (κ3) is 8.26. The van der Waals surface area contributed by atoms with Gasteiger partial charge in [0.2, 0.25) is 0 Å². The number of methoxy groups -OCH3 is 2. The first kappa shape index (κ1) is 28.1. The fourth-order valence-electron chi connectivity index (χ4n) is 3.16. The molecule has 0 saturated heterocycles. The number of benzene rings is 3. The lowest BCUT2D eigenvalue weighted by atomic mass is 10.1. The van der Waals surface area contributed by atoms with Gasteiger partial charge in [0.05, 0.1) is 32.1 Å². The molecule has 36 heavy (non-hydrogen) atoms. The summed E-state index contributed by atoms with van der Waals surface area (Å²) in [6.07, 6.45) is 0. The van der Waals surface area contributed by atoms with Gasteiger partial charge < -0.3 is 25.8 Å². The van der Waals surface area contributed by atoms with Crippen LogP contribution in [0.25, 0.3) is 0 Å². The molecule has 3 aromatic rings. The molecule has 0 bridgehead atoms. The number of carbonyl (C=O) groups is 1. The Labute approximate surface area is 214 Å². The standard InChI is InChI=1S/C27H30N4O3.C2H6/c1-31(2)15-5-6-19-9-13-23(28)24(16-19)30-27(32)21-10-7-20(8-11-21)18-29-22-12-14-25(33-3)26(17-22)34-4;1-2/h7-14,16-17,29H,15,18,28H2,1-4H3,(H,30,32);1-2H3. The Kier molecular flexibility index (Phi) is 11.2. The molecule has 4 N–H and O–H groups in total. The van der Waals surface area contributed by atoms with Gasteiger partial charge in [-0.1, -0.05) is 37.8 Å². The van der Waals surface area contributed by atoms with E-state index in [0.717, 1.165) is 16.8 Å². The van der Waals surface area contributed by atoms with Crippen LogP contribution in [0.15, 0.2) is 60.7 Å². The maximum atomic E-state index is 12.8. The van der Waals surface area contributed by atoms with Crippen molar-refractivity contribution in [2.75, 3.05) is 51.2 Å². The lowest BCUT2D eigenvalue weighted by Gasteiger charge is -2.12. The third-order valence-corrected chi connectivity index (χ3v) is 5.03. The average Bonchev–Trinajstić information content (AvgIpc) is 2.90. The number of nitrogens with one attached hydrogen (secondary N) is 2. The van der Waals surface area contributed by atoms with Crippen LogP contribution in [0.5, 0.6) is 11.5 Å². The Morgan fingerprint density at radius 1 is 0.944 bits per heavy atom. The molecule has 0 saturated carbocycles. The topological polar surface area (TPSA) is 88.9 Å². The number of nitrogens with zero attached hydrogens (tertiary/aromatic N) is 1. The smallest absolute Gasteiger partial charge is 0.255 e. The molecule has 0 atom stereocenters. The van der Waals surface area contributed by atoms with E-state index in [0.29, 0.717) is 41.5 Å².